The lowest BCUT2D eigenvalue weighted by Gasteiger charge is -2.33. The minimum Gasteiger partial charge on any atom is -0.322 e. The zero-order valence-corrected chi connectivity index (χ0v) is 16.2. The zero-order chi connectivity index (χ0) is 19.4. The maximum Gasteiger partial charge on any atom is 0.238 e. The Kier molecular flexibility index (Phi) is 5.86. The van der Waals surface area contributed by atoms with Gasteiger partial charge in [0, 0.05) is 32.7 Å². The van der Waals surface area contributed by atoms with E-state index < -0.39 is 5.82 Å². The van der Waals surface area contributed by atoms with Crippen molar-refractivity contribution in [3.63, 3.8) is 0 Å². The highest BCUT2D eigenvalue weighted by atomic mass is 19.1. The molecule has 0 saturated carbocycles. The fourth-order valence-electron chi connectivity index (χ4n) is 2.99. The van der Waals surface area contributed by atoms with Gasteiger partial charge in [0.15, 0.2) is 0 Å². The van der Waals surface area contributed by atoms with E-state index in [-0.39, 0.29) is 23.7 Å². The molecule has 3 rings (SSSR count). The van der Waals surface area contributed by atoms with Crippen LogP contribution in [-0.2, 0) is 16.9 Å². The minimum atomic E-state index is -0.418. The van der Waals surface area contributed by atoms with Gasteiger partial charge in [-0.15, -0.1) is 5.10 Å². The topological polar surface area (TPSA) is 66.3 Å². The predicted octanol–water partition coefficient (Wildman–Crippen LogP) is 1.93. The van der Waals surface area contributed by atoms with Crippen LogP contribution in [0.5, 0.6) is 0 Å². The molecular formula is C19H27FN6O. The van der Waals surface area contributed by atoms with Gasteiger partial charge in [-0.05, 0) is 32.9 Å². The van der Waals surface area contributed by atoms with E-state index in [9.17, 15) is 9.18 Å². The quantitative estimate of drug-likeness (QED) is 0.866. The number of rotatable bonds is 5. The fourth-order valence-corrected chi connectivity index (χ4v) is 2.99. The van der Waals surface area contributed by atoms with Crippen LogP contribution in [0, 0.1) is 5.82 Å². The second-order valence-electron chi connectivity index (χ2n) is 7.91. The van der Waals surface area contributed by atoms with Gasteiger partial charge < -0.3 is 5.32 Å². The van der Waals surface area contributed by atoms with E-state index in [1.54, 1.807) is 18.2 Å². The van der Waals surface area contributed by atoms with Crippen LogP contribution in [0.2, 0.25) is 0 Å². The molecular weight excluding hydrogens is 347 g/mol. The molecule has 7 nitrogen and oxygen atoms in total. The van der Waals surface area contributed by atoms with Gasteiger partial charge in [-0.1, -0.05) is 17.3 Å². The van der Waals surface area contributed by atoms with Crippen LogP contribution in [0.3, 0.4) is 0 Å². The summed E-state index contributed by atoms with van der Waals surface area (Å²) in [6.45, 7) is 10.6. The molecule has 0 spiro atoms. The summed E-state index contributed by atoms with van der Waals surface area (Å²) >= 11 is 0. The number of nitrogens with zero attached hydrogens (tertiary/aromatic N) is 5. The maximum absolute atomic E-state index is 13.6. The Bertz CT molecular complexity index is 777. The Labute approximate surface area is 159 Å². The summed E-state index contributed by atoms with van der Waals surface area (Å²) in [6, 6.07) is 6.21. The largest absolute Gasteiger partial charge is 0.322 e. The lowest BCUT2D eigenvalue weighted by Crippen LogP contribution is -2.48. The van der Waals surface area contributed by atoms with Crippen molar-refractivity contribution in [3.05, 3.63) is 42.0 Å². The van der Waals surface area contributed by atoms with E-state index in [4.69, 9.17) is 0 Å². The van der Waals surface area contributed by atoms with E-state index in [0.717, 1.165) is 38.4 Å². The van der Waals surface area contributed by atoms with E-state index in [2.05, 4.69) is 46.2 Å². The number of amides is 1. The molecule has 0 bridgehead atoms. The van der Waals surface area contributed by atoms with E-state index in [1.807, 2.05) is 10.9 Å². The molecule has 2 heterocycles. The van der Waals surface area contributed by atoms with Crippen LogP contribution in [0.25, 0.3) is 0 Å². The average molecular weight is 374 g/mol. The average Bonchev–Trinajstić information content (AvgIpc) is 3.08. The number of anilines is 1. The SMILES string of the molecule is CC(C)(C)n1cc(CN2CCN(CC(=O)Nc3ccccc3F)CC2)nn1. The monoisotopic (exact) mass is 374 g/mol. The lowest BCUT2D eigenvalue weighted by atomic mass is 10.1. The molecule has 1 aromatic carbocycles. The predicted molar refractivity (Wildman–Crippen MR) is 102 cm³/mol. The third-order valence-corrected chi connectivity index (χ3v) is 4.59. The van der Waals surface area contributed by atoms with Gasteiger partial charge in [0.25, 0.3) is 0 Å². The van der Waals surface area contributed by atoms with E-state index in [0.29, 0.717) is 0 Å². The van der Waals surface area contributed by atoms with E-state index >= 15 is 0 Å². The van der Waals surface area contributed by atoms with Crippen molar-refractivity contribution in [1.82, 2.24) is 24.8 Å². The normalized spacial score (nSPS) is 16.4. The Morgan fingerprint density at radius 2 is 1.81 bits per heavy atom. The van der Waals surface area contributed by atoms with Crippen LogP contribution in [0.1, 0.15) is 26.5 Å². The molecule has 0 unspecified atom stereocenters. The molecule has 1 aliphatic rings. The van der Waals surface area contributed by atoms with Crippen molar-refractivity contribution in [1.29, 1.82) is 0 Å². The van der Waals surface area contributed by atoms with Crippen LogP contribution < -0.4 is 5.32 Å². The fraction of sp³-hybridized carbons (Fsp3) is 0.526. The van der Waals surface area contributed by atoms with Gasteiger partial charge in [-0.2, -0.15) is 0 Å². The Morgan fingerprint density at radius 1 is 1.15 bits per heavy atom. The number of benzene rings is 1. The van der Waals surface area contributed by atoms with Crippen LogP contribution in [0.4, 0.5) is 10.1 Å². The molecule has 1 aliphatic heterocycles. The molecule has 0 atom stereocenters. The van der Waals surface area contributed by atoms with Gasteiger partial charge in [0.1, 0.15) is 5.82 Å². The molecule has 1 saturated heterocycles. The number of piperazine rings is 1. The van der Waals surface area contributed by atoms with Gasteiger partial charge in [-0.3, -0.25) is 14.6 Å². The van der Waals surface area contributed by atoms with Crippen molar-refractivity contribution in [3.8, 4) is 0 Å². The Hall–Kier alpha value is -2.32. The van der Waals surface area contributed by atoms with Crippen molar-refractivity contribution >= 4 is 11.6 Å². The third kappa shape index (κ3) is 5.33. The summed E-state index contributed by atoms with van der Waals surface area (Å²) in [5.74, 6) is -0.611. The van der Waals surface area contributed by atoms with Gasteiger partial charge in [0.05, 0.1) is 29.7 Å². The second-order valence-corrected chi connectivity index (χ2v) is 7.91. The number of carbonyl (C=O) groups is 1. The lowest BCUT2D eigenvalue weighted by molar-refractivity contribution is -0.117. The van der Waals surface area contributed by atoms with Gasteiger partial charge in [-0.25, -0.2) is 9.07 Å². The number of halogens is 1. The number of aromatic nitrogens is 3. The van der Waals surface area contributed by atoms with Crippen molar-refractivity contribution in [2.45, 2.75) is 32.9 Å². The van der Waals surface area contributed by atoms with Gasteiger partial charge >= 0.3 is 0 Å². The Morgan fingerprint density at radius 3 is 2.44 bits per heavy atom. The summed E-state index contributed by atoms with van der Waals surface area (Å²) in [7, 11) is 0. The first-order valence-electron chi connectivity index (χ1n) is 9.22. The molecule has 146 valence electrons. The molecule has 8 heteroatoms. The maximum atomic E-state index is 13.6. The summed E-state index contributed by atoms with van der Waals surface area (Å²) in [4.78, 5) is 16.5. The van der Waals surface area contributed by atoms with E-state index in [1.165, 1.54) is 6.07 Å². The molecule has 0 aliphatic carbocycles. The van der Waals surface area contributed by atoms with Crippen LogP contribution >= 0.6 is 0 Å². The van der Waals surface area contributed by atoms with Crippen molar-refractivity contribution < 1.29 is 9.18 Å². The molecule has 1 fully saturated rings. The first kappa shape index (κ1) is 19.4. The zero-order valence-electron chi connectivity index (χ0n) is 16.2. The number of hydrogen-bond donors (Lipinski definition) is 1. The smallest absolute Gasteiger partial charge is 0.238 e. The highest BCUT2D eigenvalue weighted by molar-refractivity contribution is 5.92. The number of nitrogens with one attached hydrogen (secondary N) is 1. The molecule has 2 aromatic rings. The molecule has 1 aromatic heterocycles. The van der Waals surface area contributed by atoms with Gasteiger partial charge in [0.2, 0.25) is 5.91 Å². The highest BCUT2D eigenvalue weighted by Crippen LogP contribution is 2.14. The van der Waals surface area contributed by atoms with Crippen LogP contribution in [0.15, 0.2) is 30.5 Å². The molecule has 1 N–H and O–H groups in total. The summed E-state index contributed by atoms with van der Waals surface area (Å²) in [5, 5.41) is 11.1. The molecule has 27 heavy (non-hydrogen) atoms. The first-order chi connectivity index (χ1) is 12.8. The number of para-hydroxylation sites is 1. The summed E-state index contributed by atoms with van der Waals surface area (Å²) in [6.07, 6.45) is 1.99. The summed E-state index contributed by atoms with van der Waals surface area (Å²) in [5.41, 5.74) is 1.11. The van der Waals surface area contributed by atoms with Crippen LogP contribution in [-0.4, -0.2) is 63.4 Å². The number of hydrogen-bond acceptors (Lipinski definition) is 5. The standard InChI is InChI=1S/C19H27FN6O/c1-19(2,3)26-13-15(22-23-26)12-24-8-10-25(11-9-24)14-18(27)21-17-7-5-4-6-16(17)20/h4-7,13H,8-12,14H2,1-3H3,(H,21,27). The highest BCUT2D eigenvalue weighted by Gasteiger charge is 2.21. The minimum absolute atomic E-state index is 0.0739. The Balaban J connectivity index is 1.44. The van der Waals surface area contributed by atoms with Crippen molar-refractivity contribution in [2.24, 2.45) is 0 Å². The molecule has 0 radical (unpaired) electrons. The number of carbonyl (C=O) groups excluding carboxylic acids is 1. The van der Waals surface area contributed by atoms with Crippen molar-refractivity contribution in [2.75, 3.05) is 38.0 Å². The third-order valence-electron chi connectivity index (χ3n) is 4.59. The second kappa shape index (κ2) is 8.14. The first-order valence-corrected chi connectivity index (χ1v) is 9.22. The summed E-state index contributed by atoms with van der Waals surface area (Å²) < 4.78 is 15.5. The molecule has 1 amide bonds.